The molecule has 96 valence electrons. The second-order valence-corrected chi connectivity index (χ2v) is 2.81. The third-order valence-corrected chi connectivity index (χ3v) is 1.81. The summed E-state index contributed by atoms with van der Waals surface area (Å²) < 4.78 is 5.37. The standard InChI is InChI=1S/C10H16N2O.C2H6.HI.H2/c1-3-9-4-5-10(12-8-9)13-7-6-11-2;1-2;;/h4-5,8,11H,3,6-7H2,1-2H3;1-2H3;2*1H. The van der Waals surface area contributed by atoms with E-state index in [1.54, 1.807) is 0 Å². The van der Waals surface area contributed by atoms with Crippen LogP contribution in [0.25, 0.3) is 0 Å². The van der Waals surface area contributed by atoms with Gasteiger partial charge in [-0.2, -0.15) is 0 Å². The number of rotatable bonds is 5. The van der Waals surface area contributed by atoms with E-state index < -0.39 is 0 Å². The molecule has 0 saturated carbocycles. The molecule has 0 unspecified atom stereocenters. The van der Waals surface area contributed by atoms with Crippen LogP contribution >= 0.6 is 24.0 Å². The summed E-state index contributed by atoms with van der Waals surface area (Å²) in [5, 5.41) is 3.01. The molecule has 0 aliphatic rings. The largest absolute Gasteiger partial charge is 0.476 e. The lowest BCUT2D eigenvalue weighted by Crippen LogP contribution is -2.16. The van der Waals surface area contributed by atoms with Gasteiger partial charge in [0.1, 0.15) is 6.61 Å². The number of hydrogen-bond donors (Lipinski definition) is 1. The summed E-state index contributed by atoms with van der Waals surface area (Å²) in [7, 11) is 1.90. The maximum atomic E-state index is 5.37. The van der Waals surface area contributed by atoms with Crippen LogP contribution in [0.5, 0.6) is 5.88 Å². The van der Waals surface area contributed by atoms with Crippen LogP contribution in [0.3, 0.4) is 0 Å². The van der Waals surface area contributed by atoms with Crippen molar-refractivity contribution in [1.29, 1.82) is 0 Å². The quantitative estimate of drug-likeness (QED) is 0.661. The van der Waals surface area contributed by atoms with Crippen molar-refractivity contribution in [2.75, 3.05) is 20.2 Å². The van der Waals surface area contributed by atoms with Gasteiger partial charge in [0.2, 0.25) is 5.88 Å². The number of aromatic nitrogens is 1. The Morgan fingerprint density at radius 2 is 2.06 bits per heavy atom. The molecule has 0 radical (unpaired) electrons. The van der Waals surface area contributed by atoms with Gasteiger partial charge in [0, 0.05) is 20.2 Å². The van der Waals surface area contributed by atoms with Crippen molar-refractivity contribution >= 4 is 24.0 Å². The number of hydrogen-bond acceptors (Lipinski definition) is 3. The minimum Gasteiger partial charge on any atom is -0.476 e. The van der Waals surface area contributed by atoms with Crippen molar-refractivity contribution in [2.24, 2.45) is 0 Å². The summed E-state index contributed by atoms with van der Waals surface area (Å²) in [5.41, 5.74) is 1.24. The molecule has 0 saturated heterocycles. The lowest BCUT2D eigenvalue weighted by Gasteiger charge is -2.04. The fourth-order valence-corrected chi connectivity index (χ4v) is 0.963. The van der Waals surface area contributed by atoms with Crippen molar-refractivity contribution in [2.45, 2.75) is 27.2 Å². The molecule has 1 aromatic heterocycles. The monoisotopic (exact) mass is 340 g/mol. The van der Waals surface area contributed by atoms with Crippen LogP contribution in [0.2, 0.25) is 0 Å². The third kappa shape index (κ3) is 7.87. The van der Waals surface area contributed by atoms with Crippen molar-refractivity contribution in [1.82, 2.24) is 10.3 Å². The molecule has 0 bridgehead atoms. The minimum atomic E-state index is 0. The first-order valence-electron chi connectivity index (χ1n) is 5.59. The summed E-state index contributed by atoms with van der Waals surface area (Å²) >= 11 is 0. The fraction of sp³-hybridized carbons (Fsp3) is 0.583. The van der Waals surface area contributed by atoms with E-state index in [1.165, 1.54) is 5.56 Å². The first kappa shape index (κ1) is 18.0. The zero-order valence-electron chi connectivity index (χ0n) is 10.6. The van der Waals surface area contributed by atoms with E-state index in [0.717, 1.165) is 13.0 Å². The number of pyridine rings is 1. The summed E-state index contributed by atoms with van der Waals surface area (Å²) in [5.74, 6) is 0.701. The first-order chi connectivity index (χ1) is 7.36. The van der Waals surface area contributed by atoms with E-state index in [0.29, 0.717) is 12.5 Å². The highest BCUT2D eigenvalue weighted by molar-refractivity contribution is 14.0. The van der Waals surface area contributed by atoms with Gasteiger partial charge in [-0.3, -0.25) is 0 Å². The Labute approximate surface area is 118 Å². The number of aryl methyl sites for hydroxylation is 1. The minimum absolute atomic E-state index is 0. The summed E-state index contributed by atoms with van der Waals surface area (Å²) in [6.07, 6.45) is 2.87. The van der Waals surface area contributed by atoms with Crippen molar-refractivity contribution in [3.8, 4) is 5.88 Å². The van der Waals surface area contributed by atoms with Crippen LogP contribution in [0.15, 0.2) is 18.3 Å². The van der Waals surface area contributed by atoms with Gasteiger partial charge in [-0.05, 0) is 19.0 Å². The smallest absolute Gasteiger partial charge is 0.213 e. The highest BCUT2D eigenvalue weighted by Crippen LogP contribution is 2.07. The van der Waals surface area contributed by atoms with Crippen molar-refractivity contribution in [3.63, 3.8) is 0 Å². The van der Waals surface area contributed by atoms with Crippen LogP contribution in [0.1, 0.15) is 27.8 Å². The van der Waals surface area contributed by atoms with Gasteiger partial charge in [0.25, 0.3) is 0 Å². The number of likely N-dealkylation sites (N-methyl/N-ethyl adjacent to an activating group) is 1. The molecule has 4 heteroatoms. The molecular formula is C12H25IN2O. The normalized spacial score (nSPS) is 8.50. The molecule has 0 atom stereocenters. The Bertz CT molecular complexity index is 245. The van der Waals surface area contributed by atoms with E-state index >= 15 is 0 Å². The number of ether oxygens (including phenoxy) is 1. The second kappa shape index (κ2) is 12.7. The second-order valence-electron chi connectivity index (χ2n) is 2.81. The fourth-order valence-electron chi connectivity index (χ4n) is 0.963. The highest BCUT2D eigenvalue weighted by Gasteiger charge is 1.94. The van der Waals surface area contributed by atoms with Gasteiger partial charge >= 0.3 is 0 Å². The van der Waals surface area contributed by atoms with Crippen molar-refractivity contribution < 1.29 is 6.16 Å². The van der Waals surface area contributed by atoms with Crippen LogP contribution in [-0.4, -0.2) is 25.2 Å². The van der Waals surface area contributed by atoms with Gasteiger partial charge in [-0.15, -0.1) is 24.0 Å². The Balaban J connectivity index is -0.000000464. The molecule has 16 heavy (non-hydrogen) atoms. The van der Waals surface area contributed by atoms with Gasteiger partial charge < -0.3 is 10.1 Å². The lowest BCUT2D eigenvalue weighted by molar-refractivity contribution is 0.306. The maximum absolute atomic E-state index is 5.37. The summed E-state index contributed by atoms with van der Waals surface area (Å²) in [6.45, 7) is 7.62. The number of nitrogens with one attached hydrogen (secondary N) is 1. The molecule has 0 amide bonds. The Kier molecular flexibility index (Phi) is 14.3. The van der Waals surface area contributed by atoms with E-state index in [9.17, 15) is 0 Å². The first-order valence-corrected chi connectivity index (χ1v) is 5.59. The van der Waals surface area contributed by atoms with Gasteiger partial charge in [-0.1, -0.05) is 26.8 Å². The molecule has 1 N–H and O–H groups in total. The SMILES string of the molecule is CC.CCc1ccc(OCCNC)nc1.I.[HH]. The summed E-state index contributed by atoms with van der Waals surface area (Å²) in [4.78, 5) is 4.17. The van der Waals surface area contributed by atoms with E-state index in [2.05, 4.69) is 17.2 Å². The van der Waals surface area contributed by atoms with Crippen LogP contribution in [-0.2, 0) is 6.42 Å². The van der Waals surface area contributed by atoms with Crippen molar-refractivity contribution in [3.05, 3.63) is 23.9 Å². The highest BCUT2D eigenvalue weighted by atomic mass is 127. The van der Waals surface area contributed by atoms with E-state index in [4.69, 9.17) is 4.74 Å². The van der Waals surface area contributed by atoms with Crippen LogP contribution in [0.4, 0.5) is 0 Å². The number of nitrogens with zero attached hydrogens (tertiary/aromatic N) is 1. The molecule has 0 fully saturated rings. The predicted octanol–water partition coefficient (Wildman–Crippen LogP) is 3.13. The van der Waals surface area contributed by atoms with Gasteiger partial charge in [0.15, 0.2) is 0 Å². The summed E-state index contributed by atoms with van der Waals surface area (Å²) in [6, 6.07) is 3.95. The van der Waals surface area contributed by atoms with Crippen LogP contribution in [0, 0.1) is 0 Å². The Hall–Kier alpha value is -0.360. The molecular weight excluding hydrogens is 315 g/mol. The molecule has 1 heterocycles. The average molecular weight is 340 g/mol. The zero-order chi connectivity index (χ0) is 11.5. The third-order valence-electron chi connectivity index (χ3n) is 1.81. The maximum Gasteiger partial charge on any atom is 0.213 e. The predicted molar refractivity (Wildman–Crippen MR) is 81.9 cm³/mol. The molecule has 1 aromatic rings. The zero-order valence-corrected chi connectivity index (χ0v) is 12.9. The van der Waals surface area contributed by atoms with Crippen LogP contribution < -0.4 is 10.1 Å². The van der Waals surface area contributed by atoms with Gasteiger partial charge in [-0.25, -0.2) is 4.98 Å². The van der Waals surface area contributed by atoms with E-state index in [1.807, 2.05) is 39.2 Å². The molecule has 0 aliphatic heterocycles. The van der Waals surface area contributed by atoms with E-state index in [-0.39, 0.29) is 25.4 Å². The topological polar surface area (TPSA) is 34.1 Å². The lowest BCUT2D eigenvalue weighted by atomic mass is 10.2. The molecule has 1 rings (SSSR count). The average Bonchev–Trinajstić information content (AvgIpc) is 2.33. The Morgan fingerprint density at radius 1 is 1.38 bits per heavy atom. The molecule has 0 aliphatic carbocycles. The molecule has 0 spiro atoms. The molecule has 3 nitrogen and oxygen atoms in total. The van der Waals surface area contributed by atoms with Gasteiger partial charge in [0.05, 0.1) is 0 Å². The Morgan fingerprint density at radius 3 is 2.50 bits per heavy atom. The molecule has 0 aromatic carbocycles. The number of halogens is 1.